The van der Waals surface area contributed by atoms with E-state index in [0.29, 0.717) is 0 Å². The van der Waals surface area contributed by atoms with Gasteiger partial charge >= 0.3 is 0 Å². The van der Waals surface area contributed by atoms with Gasteiger partial charge in [-0.2, -0.15) is 0 Å². The second-order valence-electron chi connectivity index (χ2n) is 34.1. The van der Waals surface area contributed by atoms with Crippen LogP contribution in [0.2, 0.25) is 0 Å². The first kappa shape index (κ1) is 92.8. The van der Waals surface area contributed by atoms with Crippen molar-refractivity contribution in [1.82, 2.24) is 0 Å². The number of aliphatic imine (C=N–C) groups is 4. The van der Waals surface area contributed by atoms with Gasteiger partial charge in [-0.1, -0.05) is 295 Å². The van der Waals surface area contributed by atoms with Crippen LogP contribution in [0.1, 0.15) is 136 Å². The van der Waals surface area contributed by atoms with Crippen molar-refractivity contribution in [1.29, 1.82) is 0 Å². The van der Waals surface area contributed by atoms with E-state index >= 15 is 0 Å². The van der Waals surface area contributed by atoms with Crippen LogP contribution in [0.3, 0.4) is 0 Å². The van der Waals surface area contributed by atoms with Crippen molar-refractivity contribution in [3.63, 3.8) is 0 Å². The summed E-state index contributed by atoms with van der Waals surface area (Å²) in [5, 5.41) is 8.62. The summed E-state index contributed by atoms with van der Waals surface area (Å²) in [6.07, 6.45) is 8.94. The Kier molecular flexibility index (Phi) is 26.5. The van der Waals surface area contributed by atoms with E-state index in [1.165, 1.54) is 47.3 Å². The zero-order valence-electron chi connectivity index (χ0n) is 76.1. The summed E-state index contributed by atoms with van der Waals surface area (Å²) < 4.78 is 87.6. The second-order valence-corrected chi connectivity index (χ2v) is 42.6. The number of sulfone groups is 4. The Labute approximate surface area is 791 Å². The topological polar surface area (TPSA) is 267 Å². The monoisotopic (exact) mass is 1870 g/mol. The van der Waals surface area contributed by atoms with E-state index in [-0.39, 0.29) is 46.6 Å². The molecule has 0 spiro atoms. The Morgan fingerprint density at radius 3 is 0.529 bits per heavy atom. The van der Waals surface area contributed by atoms with Crippen molar-refractivity contribution < 1.29 is 52.8 Å². The molecule has 0 atom stereocenters. The maximum absolute atomic E-state index is 12.7. The van der Waals surface area contributed by atoms with Crippen LogP contribution < -0.4 is 19.6 Å². The van der Waals surface area contributed by atoms with Crippen molar-refractivity contribution in [3.05, 3.63) is 429 Å². The number of anilines is 4. The quantitative estimate of drug-likeness (QED) is 0.110. The molecule has 680 valence electrons. The highest BCUT2D eigenvalue weighted by atomic mass is 32.2. The number of carbonyl (C=O) groups is 4. The van der Waals surface area contributed by atoms with Crippen LogP contribution in [0.15, 0.2) is 360 Å². The minimum absolute atomic E-state index is 0.00588. The maximum atomic E-state index is 12.7. The predicted molar refractivity (Wildman–Crippen MR) is 551 cm³/mol. The number of amidine groups is 4. The van der Waals surface area contributed by atoms with Crippen LogP contribution in [-0.4, -0.2) is 106 Å². The molecule has 0 unspecified atom stereocenters. The number of carbonyl (C=O) groups excluding carboxylic acids is 4. The summed E-state index contributed by atoms with van der Waals surface area (Å²) in [7, 11) is -11.6. The molecule has 0 aromatic heterocycles. The average molecular weight is 1870 g/mol. The van der Waals surface area contributed by atoms with Gasteiger partial charge in [0.2, 0.25) is 0 Å². The number of aryl methyl sites for hydroxylation is 4. The van der Waals surface area contributed by atoms with Gasteiger partial charge in [0.25, 0.3) is 23.6 Å². The standard InChI is InChI=1S/4C18H10N2O.4C10H14O2S/c4*21-18-13-8-2-1-7-12(13)17-19-14-9-3-5-11-6-4-10-15(16(11)14)20(17)18;4*1-3-9-4-6-10(7-5-9)8-13(2,11)12/h4*1-10H;4*4-7H,3,8H2,1-2H3. The molecular weight excluding hydrogens is 1780 g/mol. The van der Waals surface area contributed by atoms with Gasteiger partial charge in [-0.05, 0) is 165 Å². The Balaban J connectivity index is 0.000000109. The normalized spacial score (nSPS) is 13.6. The third-order valence-corrected chi connectivity index (χ3v) is 27.4. The van der Waals surface area contributed by atoms with E-state index in [0.717, 1.165) is 204 Å². The summed E-state index contributed by atoms with van der Waals surface area (Å²) in [6.45, 7) is 8.30. The summed E-state index contributed by atoms with van der Waals surface area (Å²) in [5.41, 5.74) is 22.3. The predicted octanol–water partition coefficient (Wildman–Crippen LogP) is 22.7. The molecule has 8 heterocycles. The first-order chi connectivity index (χ1) is 65.4. The van der Waals surface area contributed by atoms with Crippen LogP contribution in [0.5, 0.6) is 0 Å². The van der Waals surface area contributed by atoms with Crippen LogP contribution in [-0.2, 0) is 88.0 Å². The summed E-state index contributed by atoms with van der Waals surface area (Å²) in [4.78, 5) is 76.8. The van der Waals surface area contributed by atoms with Gasteiger partial charge in [0.05, 0.1) is 90.8 Å². The number of fused-ring (bicyclic) bond motifs is 16. The number of amides is 4. The Hall–Kier alpha value is -15.1. The van der Waals surface area contributed by atoms with E-state index in [2.05, 4.69) is 76.2 Å². The summed E-state index contributed by atoms with van der Waals surface area (Å²) in [6, 6.07) is 110. The molecule has 0 aliphatic carbocycles. The van der Waals surface area contributed by atoms with E-state index in [1.54, 1.807) is 19.6 Å². The fourth-order valence-electron chi connectivity index (χ4n) is 17.6. The van der Waals surface area contributed by atoms with Crippen molar-refractivity contribution in [2.75, 3.05) is 44.6 Å². The highest BCUT2D eigenvalue weighted by Gasteiger charge is 2.42. The smallest absolute Gasteiger partial charge is 0.264 e. The zero-order valence-corrected chi connectivity index (χ0v) is 79.4. The van der Waals surface area contributed by atoms with Gasteiger partial charge in [0.15, 0.2) is 39.3 Å². The van der Waals surface area contributed by atoms with Gasteiger partial charge in [-0.15, -0.1) is 0 Å². The van der Waals surface area contributed by atoms with E-state index < -0.39 is 39.3 Å². The molecule has 0 saturated carbocycles. The van der Waals surface area contributed by atoms with Crippen molar-refractivity contribution >= 4 is 175 Å². The van der Waals surface area contributed by atoms with Crippen molar-refractivity contribution in [3.8, 4) is 0 Å². The molecule has 24 heteroatoms. The van der Waals surface area contributed by atoms with Crippen LogP contribution >= 0.6 is 0 Å². The fraction of sp³-hybridized carbons (Fsp3) is 0.143. The summed E-state index contributed by atoms with van der Waals surface area (Å²) >= 11 is 0. The molecule has 16 aromatic rings. The molecule has 8 aliphatic rings. The minimum atomic E-state index is -2.90. The molecule has 24 rings (SSSR count). The zero-order chi connectivity index (χ0) is 95.5. The van der Waals surface area contributed by atoms with Gasteiger partial charge in [0.1, 0.15) is 23.3 Å². The SMILES string of the molecule is CCc1ccc(CS(C)(=O)=O)cc1.CCc1ccc(CS(C)(=O)=O)cc1.CCc1ccc(CS(C)(=O)=O)cc1.CCc1ccc(CS(C)(=O)=O)cc1.O=C1c2ccccc2C2=Nc3cccc4cccc(c34)N12.O=C1c2ccccc2C2=Nc3cccc4cccc(c34)N12.O=C1c2ccccc2C2=Nc3cccc4cccc(c34)N12.O=C1c2ccccc2C2=Nc3cccc4cccc(c34)N12. The molecule has 0 fully saturated rings. The van der Waals surface area contributed by atoms with Crippen molar-refractivity contribution in [2.45, 2.75) is 76.4 Å². The third kappa shape index (κ3) is 19.8. The van der Waals surface area contributed by atoms with Gasteiger partial charge in [0, 0.05) is 68.8 Å². The number of hydrogen-bond donors (Lipinski definition) is 0. The Morgan fingerprint density at radius 2 is 0.360 bits per heavy atom. The second kappa shape index (κ2) is 38.9. The van der Waals surface area contributed by atoms with Gasteiger partial charge in [-0.25, -0.2) is 53.6 Å². The Bertz CT molecular complexity index is 7150. The number of benzene rings is 16. The maximum Gasteiger partial charge on any atom is 0.264 e. The third-order valence-electron chi connectivity index (χ3n) is 24.0. The largest absolute Gasteiger partial charge is 0.268 e. The lowest BCUT2D eigenvalue weighted by Gasteiger charge is -2.24. The lowest BCUT2D eigenvalue weighted by molar-refractivity contribution is 0.0999. The lowest BCUT2D eigenvalue weighted by atomic mass is 10.0. The molecule has 20 nitrogen and oxygen atoms in total. The van der Waals surface area contributed by atoms with Gasteiger partial charge in [-0.3, -0.25) is 38.8 Å². The molecule has 8 aliphatic heterocycles. The van der Waals surface area contributed by atoms with Crippen LogP contribution in [0, 0.1) is 0 Å². The molecule has 0 radical (unpaired) electrons. The molecule has 0 saturated heterocycles. The minimum Gasteiger partial charge on any atom is -0.268 e. The van der Waals surface area contributed by atoms with Crippen LogP contribution in [0.4, 0.5) is 45.5 Å². The molecular formula is C112H96N8O12S4. The molecule has 0 bridgehead atoms. The number of rotatable bonds is 12. The number of hydrogen-bond acceptors (Lipinski definition) is 16. The molecule has 136 heavy (non-hydrogen) atoms. The van der Waals surface area contributed by atoms with E-state index in [1.807, 2.05) is 291 Å². The van der Waals surface area contributed by atoms with Gasteiger partial charge < -0.3 is 0 Å². The van der Waals surface area contributed by atoms with Crippen LogP contribution in [0.25, 0.3) is 43.1 Å². The fourth-order valence-corrected chi connectivity index (χ4v) is 20.8. The highest BCUT2D eigenvalue weighted by Crippen LogP contribution is 2.48. The molecule has 16 aromatic carbocycles. The van der Waals surface area contributed by atoms with Crippen molar-refractivity contribution in [2.24, 2.45) is 20.0 Å². The summed E-state index contributed by atoms with van der Waals surface area (Å²) in [5.74, 6) is 3.52. The molecule has 0 N–H and O–H groups in total. The van der Waals surface area contributed by atoms with E-state index in [9.17, 15) is 52.8 Å². The molecule has 4 amide bonds. The highest BCUT2D eigenvalue weighted by molar-refractivity contribution is 7.90. The number of nitrogens with zero attached hydrogens (tertiary/aromatic N) is 8. The van der Waals surface area contributed by atoms with E-state index in [4.69, 9.17) is 20.0 Å². The Morgan fingerprint density at radius 1 is 0.199 bits per heavy atom. The average Bonchev–Trinajstić information content (AvgIpc) is 1.58. The first-order valence-electron chi connectivity index (χ1n) is 44.6. The lowest BCUT2D eigenvalue weighted by Crippen LogP contribution is -2.31. The first-order valence-corrected chi connectivity index (χ1v) is 52.9.